The second kappa shape index (κ2) is 17.3. The third-order valence-electron chi connectivity index (χ3n) is 0. The van der Waals surface area contributed by atoms with E-state index < -0.39 is 0 Å². The summed E-state index contributed by atoms with van der Waals surface area (Å²) in [6, 6.07) is 0. The molecule has 4 heteroatoms. The summed E-state index contributed by atoms with van der Waals surface area (Å²) in [5, 5.41) is 0. The Morgan fingerprint density at radius 2 is 1.00 bits per heavy atom. The first kappa shape index (κ1) is 29.9. The van der Waals surface area contributed by atoms with Gasteiger partial charge in [-0.1, -0.05) is 0 Å². The molecule has 0 saturated heterocycles. The van der Waals surface area contributed by atoms with E-state index >= 15 is 0 Å². The maximum absolute atomic E-state index is 0. The first-order valence-corrected chi connectivity index (χ1v) is 0. The summed E-state index contributed by atoms with van der Waals surface area (Å²) in [5.74, 6) is 0. The van der Waals surface area contributed by atoms with Crippen molar-refractivity contribution in [1.82, 2.24) is 0 Å². The van der Waals surface area contributed by atoms with Crippen LogP contribution < -0.4 is 0 Å². The van der Waals surface area contributed by atoms with Crippen LogP contribution in [0.5, 0.6) is 0 Å². The molecular weight excluding hydrogens is 226 g/mol. The third kappa shape index (κ3) is 8.82. The van der Waals surface area contributed by atoms with Crippen LogP contribution in [0, 0.1) is 0 Å². The molecule has 0 heterocycles. The molecule has 0 amide bonds. The molecule has 0 spiro atoms. The van der Waals surface area contributed by atoms with Gasteiger partial charge in [-0.2, -0.15) is 0 Å². The summed E-state index contributed by atoms with van der Waals surface area (Å²) in [5.41, 5.74) is 0. The van der Waals surface area contributed by atoms with Gasteiger partial charge in [-0.3, -0.25) is 0 Å². The van der Waals surface area contributed by atoms with E-state index in [2.05, 4.69) is 0 Å². The first-order valence-electron chi connectivity index (χ1n) is 0. The van der Waals surface area contributed by atoms with Gasteiger partial charge in [0.1, 0.15) is 0 Å². The summed E-state index contributed by atoms with van der Waals surface area (Å²) in [6.07, 6.45) is 0. The molecule has 0 aromatic carbocycles. The van der Waals surface area contributed by atoms with Crippen molar-refractivity contribution >= 4 is 23.1 Å². The Balaban J connectivity index is 0. The van der Waals surface area contributed by atoms with E-state index in [-0.39, 0.29) is 83.4 Å². The van der Waals surface area contributed by atoms with Gasteiger partial charge in [-0.15, -0.1) is 0 Å². The van der Waals surface area contributed by atoms with Crippen LogP contribution in [-0.2, 0) is 60.3 Å². The largest absolute Gasteiger partial charge is 0 e. The number of hydrogen-bond donors (Lipinski definition) is 0. The number of hydrogen-bond acceptors (Lipinski definition) is 0. The second-order valence-corrected chi connectivity index (χ2v) is 0. The first-order chi connectivity index (χ1) is 0. The Hall–Kier alpha value is 2.69. The SMILES string of the molecule is [Fe].[Mg].[Mn].[Zr]. The van der Waals surface area contributed by atoms with Crippen LogP contribution in [0.1, 0.15) is 0 Å². The van der Waals surface area contributed by atoms with Crippen molar-refractivity contribution in [1.29, 1.82) is 0 Å². The van der Waals surface area contributed by atoms with E-state index in [9.17, 15) is 0 Å². The topological polar surface area (TPSA) is 0 Å². The van der Waals surface area contributed by atoms with Crippen LogP contribution in [0.4, 0.5) is 0 Å². The molecule has 0 aliphatic rings. The van der Waals surface area contributed by atoms with Gasteiger partial charge in [0.2, 0.25) is 0 Å². The summed E-state index contributed by atoms with van der Waals surface area (Å²) in [7, 11) is 0. The van der Waals surface area contributed by atoms with E-state index in [0.29, 0.717) is 0 Å². The fourth-order valence-corrected chi connectivity index (χ4v) is 0. The Labute approximate surface area is 82.1 Å². The van der Waals surface area contributed by atoms with Crippen molar-refractivity contribution in [2.24, 2.45) is 0 Å². The molecule has 0 aromatic heterocycles. The van der Waals surface area contributed by atoms with Crippen molar-refractivity contribution in [3.8, 4) is 0 Å². The normalized spacial score (nSPS) is 0. The van der Waals surface area contributed by atoms with Crippen LogP contribution in [0.15, 0.2) is 0 Å². The predicted molar refractivity (Wildman–Crippen MR) is 5.75 cm³/mol. The molecule has 0 fully saturated rings. The monoisotopic (exact) mass is 225 g/mol. The van der Waals surface area contributed by atoms with Gasteiger partial charge in [-0.05, 0) is 0 Å². The smallest absolute Gasteiger partial charge is 0 e. The summed E-state index contributed by atoms with van der Waals surface area (Å²) >= 11 is 0. The zero-order valence-corrected chi connectivity index (χ0v) is 8.10. The van der Waals surface area contributed by atoms with Crippen LogP contribution in [-0.4, -0.2) is 23.1 Å². The average molecular weight is 226 g/mol. The van der Waals surface area contributed by atoms with Crippen molar-refractivity contribution < 1.29 is 60.3 Å². The van der Waals surface area contributed by atoms with Gasteiger partial charge in [-0.25, -0.2) is 0 Å². The van der Waals surface area contributed by atoms with Crippen molar-refractivity contribution in [3.63, 3.8) is 0 Å². The molecule has 3 radical (unpaired) electrons. The minimum Gasteiger partial charge on any atom is 0 e. The van der Waals surface area contributed by atoms with Crippen LogP contribution >= 0.6 is 0 Å². The Morgan fingerprint density at radius 3 is 1.00 bits per heavy atom. The Kier molecular flexibility index (Phi) is 130. The van der Waals surface area contributed by atoms with Gasteiger partial charge >= 0.3 is 0 Å². The summed E-state index contributed by atoms with van der Waals surface area (Å²) < 4.78 is 0. The van der Waals surface area contributed by atoms with Gasteiger partial charge < -0.3 is 0 Å². The molecule has 0 unspecified atom stereocenters. The number of rotatable bonds is 0. The minimum atomic E-state index is 0. The molecule has 0 aliphatic heterocycles. The molecule has 4 heavy (non-hydrogen) atoms. The Bertz CT molecular complexity index is 8.00. The molecule has 0 atom stereocenters. The zero-order valence-electron chi connectivity index (χ0n) is 1.94. The third-order valence-corrected chi connectivity index (χ3v) is 0. The maximum Gasteiger partial charge on any atom is 0 e. The average Bonchev–Trinajstić information content (AvgIpc) is 0. The Morgan fingerprint density at radius 1 is 1.00 bits per heavy atom. The van der Waals surface area contributed by atoms with Gasteiger partial charge in [0.25, 0.3) is 0 Å². The maximum atomic E-state index is 0. The molecule has 0 nitrogen and oxygen atoms in total. The molecule has 0 rings (SSSR count). The zero-order chi connectivity index (χ0) is 0. The molecule has 0 aliphatic carbocycles. The van der Waals surface area contributed by atoms with Crippen molar-refractivity contribution in [3.05, 3.63) is 0 Å². The standard InChI is InChI=1S/Fe.Mg.Mn.Zr. The van der Waals surface area contributed by atoms with E-state index in [1.807, 2.05) is 0 Å². The van der Waals surface area contributed by atoms with Gasteiger partial charge in [0, 0.05) is 83.4 Å². The van der Waals surface area contributed by atoms with Crippen LogP contribution in [0.3, 0.4) is 0 Å². The molecule has 0 N–H and O–H groups in total. The molecule has 0 saturated carbocycles. The van der Waals surface area contributed by atoms with Gasteiger partial charge in [0.05, 0.1) is 0 Å². The predicted octanol–water partition coefficient (Wildman–Crippen LogP) is -0.388. The summed E-state index contributed by atoms with van der Waals surface area (Å²) in [6.45, 7) is 0. The van der Waals surface area contributed by atoms with E-state index in [1.165, 1.54) is 0 Å². The molecular formula is FeMgMnZr. The van der Waals surface area contributed by atoms with E-state index in [0.717, 1.165) is 0 Å². The van der Waals surface area contributed by atoms with E-state index in [1.54, 1.807) is 0 Å². The summed E-state index contributed by atoms with van der Waals surface area (Å²) in [4.78, 5) is 0. The van der Waals surface area contributed by atoms with Gasteiger partial charge in [0.15, 0.2) is 0 Å². The van der Waals surface area contributed by atoms with Crippen molar-refractivity contribution in [2.45, 2.75) is 0 Å². The molecule has 0 bridgehead atoms. The van der Waals surface area contributed by atoms with E-state index in [4.69, 9.17) is 0 Å². The quantitative estimate of drug-likeness (QED) is 0.494. The molecule has 0 aromatic rings. The fraction of sp³-hybridized carbons (Fsp3) is 0. The molecule has 21 valence electrons. The van der Waals surface area contributed by atoms with Crippen LogP contribution in [0.25, 0.3) is 0 Å². The second-order valence-electron chi connectivity index (χ2n) is 0. The van der Waals surface area contributed by atoms with Crippen molar-refractivity contribution in [2.75, 3.05) is 0 Å². The van der Waals surface area contributed by atoms with Crippen LogP contribution in [0.2, 0.25) is 0 Å². The fourth-order valence-electron chi connectivity index (χ4n) is 0. The minimum absolute atomic E-state index is 0.